The Morgan fingerprint density at radius 1 is 0.153 bits per heavy atom. The molecule has 0 N–H and O–H groups in total. The zero-order valence-electron chi connectivity index (χ0n) is 22.3. The fourth-order valence-electron chi connectivity index (χ4n) is 0.818. The number of hydrogen-bond donors (Lipinski definition) is 0. The summed E-state index contributed by atoms with van der Waals surface area (Å²) in [5.41, 5.74) is 0. The van der Waals surface area contributed by atoms with Crippen LogP contribution in [0.25, 0.3) is 0 Å². The van der Waals surface area contributed by atoms with E-state index >= 15 is 0 Å². The second-order valence-corrected chi connectivity index (χ2v) is 1390. The predicted molar refractivity (Wildman–Crippen MR) is 813 cm³/mol. The summed E-state index contributed by atoms with van der Waals surface area (Å²) in [5.74, 6) is 0. The van der Waals surface area contributed by atoms with Crippen molar-refractivity contribution in [3.63, 3.8) is 0 Å². The van der Waals surface area contributed by atoms with Gasteiger partial charge in [-0.3, -0.25) is 0 Å². The molecule has 0 fully saturated rings. The quantitative estimate of drug-likeness (QED) is 0.0685. The average Bonchev–Trinajstić information content (AvgIpc) is 3.23. The van der Waals surface area contributed by atoms with Crippen LogP contribution in [0.15, 0.2) is 0 Å². The molecule has 0 aliphatic heterocycles. The zero-order valence-corrected chi connectivity index (χ0v) is 150. The van der Waals surface area contributed by atoms with Gasteiger partial charge in [-0.15, -0.1) is 0 Å². The molecule has 0 atom stereocenters. The molecule has 59 heteroatoms. The van der Waals surface area contributed by atoms with Gasteiger partial charge in [-0.2, -0.15) is 0 Å². The first-order chi connectivity index (χ1) is 26.9. The van der Waals surface area contributed by atoms with Crippen molar-refractivity contribution in [2.75, 3.05) is 0 Å². The molecule has 0 aliphatic rings. The number of rotatable bonds is 28. The zero-order chi connectivity index (χ0) is 46.9. The summed E-state index contributed by atoms with van der Waals surface area (Å²) in [6, 6.07) is 0. The van der Waals surface area contributed by atoms with E-state index in [0.717, 1.165) is 0 Å². The van der Waals surface area contributed by atoms with Gasteiger partial charge < -0.3 is 0 Å². The average molecular weight is 7490 g/mol. The molecule has 0 unspecified atom stereocenters. The minimum atomic E-state index is -0.599. The van der Waals surface area contributed by atoms with Crippen LogP contribution in [0, 0.1) is 0 Å². The fourth-order valence-corrected chi connectivity index (χ4v) is 11100. The summed E-state index contributed by atoms with van der Waals surface area (Å²) in [6.45, 7) is 0. The molecule has 0 saturated heterocycles. The Balaban J connectivity index is 5.66. The van der Waals surface area contributed by atoms with Crippen LogP contribution in [-0.4, -0.2) is 0 Å². The molecule has 0 rings (SSSR count). The van der Waals surface area contributed by atoms with E-state index in [2.05, 4.69) is 558 Å². The molecule has 0 amide bonds. The Kier molecular flexibility index (Phi) is 107. The van der Waals surface area contributed by atoms with E-state index in [1.807, 2.05) is 0 Å². The number of halogens is 59. The molecule has 0 aromatic rings. The van der Waals surface area contributed by atoms with E-state index in [1.54, 1.807) is 0 Å². The summed E-state index contributed by atoms with van der Waals surface area (Å²) in [7, 11) is -15.4. The van der Waals surface area contributed by atoms with Crippen molar-refractivity contribution in [2.45, 2.75) is 0 Å². The van der Waals surface area contributed by atoms with Crippen LogP contribution >= 0.6 is 780 Å². The summed E-state index contributed by atoms with van der Waals surface area (Å²) in [6.07, 6.45) is 0. The fraction of sp³-hybridized carbons (Fsp3) is 0. The van der Waals surface area contributed by atoms with Gasteiger partial charge in [-0.05, 0) is 0 Å². The van der Waals surface area contributed by atoms with Crippen LogP contribution < -0.4 is 13.3 Å². The third kappa shape index (κ3) is 42.3. The molecule has 0 radical (unpaired) electrons. The second kappa shape index (κ2) is 61.7. The Labute approximate surface area is 745 Å². The van der Waals surface area contributed by atoms with Gasteiger partial charge in [-0.25, -0.2) is 0 Å². The number of hydrogen-bond acceptors (Lipinski definition) is 0. The summed E-state index contributed by atoms with van der Waals surface area (Å²) in [5, 5.41) is 0. The topological polar surface area (TPSA) is 0 Å². The van der Waals surface area contributed by atoms with E-state index in [-0.39, 0.29) is 0 Å². The van der Waals surface area contributed by atoms with Crippen LogP contribution in [0.4, 0.5) is 0 Å². The maximum absolute atomic E-state index is 3.42. The molecular formula is I59-. The molecule has 0 spiro atoms. The van der Waals surface area contributed by atoms with E-state index in [0.29, 0.717) is 13.3 Å². The van der Waals surface area contributed by atoms with Crippen molar-refractivity contribution in [1.29, 1.82) is 0 Å². The van der Waals surface area contributed by atoms with Gasteiger partial charge in [0, 0.05) is 0 Å². The van der Waals surface area contributed by atoms with Crippen molar-refractivity contribution >= 4 is 780 Å². The van der Waals surface area contributed by atoms with Crippen LogP contribution in [0.2, 0.25) is 0 Å². The van der Waals surface area contributed by atoms with Gasteiger partial charge in [0.05, 0.1) is 0 Å². The van der Waals surface area contributed by atoms with Crippen molar-refractivity contribution in [1.82, 2.24) is 0 Å². The van der Waals surface area contributed by atoms with E-state index in [4.69, 9.17) is 0 Å². The summed E-state index contributed by atoms with van der Waals surface area (Å²) in [4.78, 5) is 0. The predicted octanol–water partition coefficient (Wildman–Crippen LogP) is 48.4. The van der Waals surface area contributed by atoms with Gasteiger partial charge in [0.2, 0.25) is 0 Å². The molecule has 414 valence electrons. The third-order valence-corrected chi connectivity index (χ3v) is 4550. The molecule has 0 aliphatic carbocycles. The normalized spacial score (nSPS) is 18.9. The SMILES string of the molecule is I[I-]I(I)I(I)I(I)I(I)I(I)I(I)I(I)I(I)I(I)I(I)I(I)I(I)I(I)I(I)I(I)I(I)I(I)I(I)I(I)I(I)I(I)I(I)I(I)I(I)I(I)I(I)I(I)I(I)I. The first-order valence-electron chi connectivity index (χ1n) is 8.29. The van der Waals surface area contributed by atoms with Gasteiger partial charge in [0.15, 0.2) is 0 Å². The van der Waals surface area contributed by atoms with E-state index in [1.165, 1.54) is 0 Å². The van der Waals surface area contributed by atoms with Gasteiger partial charge in [0.25, 0.3) is 0 Å². The monoisotopic (exact) mass is 7490 g/mol. The van der Waals surface area contributed by atoms with Gasteiger partial charge in [0.1, 0.15) is 0 Å². The van der Waals surface area contributed by atoms with Crippen LogP contribution in [0.5, 0.6) is 0 Å². The summed E-state index contributed by atoms with van der Waals surface area (Å²) < 4.78 is 0. The molecule has 0 aromatic carbocycles. The van der Waals surface area contributed by atoms with Crippen molar-refractivity contribution < 1.29 is 13.3 Å². The van der Waals surface area contributed by atoms with Crippen molar-refractivity contribution in [3.05, 3.63) is 0 Å². The Hall–Kier alpha value is 43.1. The molecule has 0 aromatic heterocycles. The molecule has 0 nitrogen and oxygen atoms in total. The van der Waals surface area contributed by atoms with E-state index < -0.39 is 221 Å². The molecule has 0 heterocycles. The second-order valence-electron chi connectivity index (χ2n) is 4.59. The van der Waals surface area contributed by atoms with E-state index in [9.17, 15) is 0 Å². The van der Waals surface area contributed by atoms with Crippen molar-refractivity contribution in [2.24, 2.45) is 0 Å². The van der Waals surface area contributed by atoms with Crippen LogP contribution in [0.1, 0.15) is 0 Å². The molecule has 0 bridgehead atoms. The van der Waals surface area contributed by atoms with Gasteiger partial charge >= 0.3 is 793 Å². The third-order valence-electron chi connectivity index (χ3n) is 2.24. The first kappa shape index (κ1) is 102. The summed E-state index contributed by atoms with van der Waals surface area (Å²) >= 11 is 99.8. The first-order valence-corrected chi connectivity index (χ1v) is 373. The molecular weight excluding hydrogens is 7490 g/mol. The standard InChI is InChI=1S/I59/c1-31-33(4)35(6)37(8)39(10)41(12)43(14)45(16)47(18)49(20)51(22)53(24)55(26)57(28)59(30)58(29)56(27)54(25)52(23)50(21)48(19)46(17)44(15)42(13)40(11)38(9)36(7)34(5)32(2)3/q-1. The van der Waals surface area contributed by atoms with Crippen LogP contribution in [-0.2, 0) is 0 Å². The Morgan fingerprint density at radius 2 is 0.254 bits per heavy atom. The Bertz CT molecular complexity index is 1090. The van der Waals surface area contributed by atoms with Crippen molar-refractivity contribution in [3.8, 4) is 0 Å². The molecule has 0 saturated carbocycles. The van der Waals surface area contributed by atoms with Crippen LogP contribution in [0.3, 0.4) is 0 Å². The minimum absolute atomic E-state index is 0.404. The maximum atomic E-state index is 3.42. The Morgan fingerprint density at radius 3 is 0.356 bits per heavy atom. The molecule has 59 heavy (non-hydrogen) atoms. The van der Waals surface area contributed by atoms with Gasteiger partial charge in [-0.1, -0.05) is 0 Å².